The second-order valence-electron chi connectivity index (χ2n) is 5.19. The zero-order valence-corrected chi connectivity index (χ0v) is 16.2. The maximum absolute atomic E-state index is 4.43. The molecule has 0 bridgehead atoms. The van der Waals surface area contributed by atoms with Crippen LogP contribution >= 0.6 is 38.5 Å². The minimum atomic E-state index is 0.237. The van der Waals surface area contributed by atoms with Gasteiger partial charge in [-0.3, -0.25) is 0 Å². The SMILES string of the molecule is CCNC(Cc1ncnn1C(C)C)c1cc(Br)ccc1I. The summed E-state index contributed by atoms with van der Waals surface area (Å²) in [6, 6.07) is 6.96. The summed E-state index contributed by atoms with van der Waals surface area (Å²) in [7, 11) is 0. The molecule has 0 aliphatic rings. The summed E-state index contributed by atoms with van der Waals surface area (Å²) in [4.78, 5) is 4.43. The van der Waals surface area contributed by atoms with Gasteiger partial charge in [-0.25, -0.2) is 9.67 Å². The number of rotatable bonds is 6. The Kier molecular flexibility index (Phi) is 6.19. The smallest absolute Gasteiger partial charge is 0.138 e. The Bertz CT molecular complexity index is 597. The van der Waals surface area contributed by atoms with Crippen molar-refractivity contribution in [2.24, 2.45) is 0 Å². The molecule has 1 atom stereocenters. The van der Waals surface area contributed by atoms with Gasteiger partial charge in [-0.1, -0.05) is 22.9 Å². The highest BCUT2D eigenvalue weighted by Gasteiger charge is 2.18. The molecule has 114 valence electrons. The van der Waals surface area contributed by atoms with Crippen molar-refractivity contribution < 1.29 is 0 Å². The van der Waals surface area contributed by atoms with Crippen molar-refractivity contribution in [3.63, 3.8) is 0 Å². The molecule has 21 heavy (non-hydrogen) atoms. The lowest BCUT2D eigenvalue weighted by atomic mass is 10.0. The van der Waals surface area contributed by atoms with Crippen molar-refractivity contribution in [1.82, 2.24) is 20.1 Å². The monoisotopic (exact) mass is 462 g/mol. The van der Waals surface area contributed by atoms with Gasteiger partial charge in [0.15, 0.2) is 0 Å². The molecule has 0 amide bonds. The summed E-state index contributed by atoms with van der Waals surface area (Å²) in [5.74, 6) is 1.02. The van der Waals surface area contributed by atoms with E-state index in [9.17, 15) is 0 Å². The third-order valence-electron chi connectivity index (χ3n) is 3.31. The molecule has 2 rings (SSSR count). The first kappa shape index (κ1) is 16.9. The average molecular weight is 463 g/mol. The van der Waals surface area contributed by atoms with Gasteiger partial charge >= 0.3 is 0 Å². The summed E-state index contributed by atoms with van der Waals surface area (Å²) in [6.07, 6.45) is 2.47. The number of likely N-dealkylation sites (N-methyl/N-ethyl adjacent to an activating group) is 1. The van der Waals surface area contributed by atoms with E-state index >= 15 is 0 Å². The van der Waals surface area contributed by atoms with E-state index in [1.807, 2.05) is 4.68 Å². The van der Waals surface area contributed by atoms with E-state index < -0.39 is 0 Å². The molecular formula is C15H20BrIN4. The highest BCUT2D eigenvalue weighted by molar-refractivity contribution is 14.1. The number of aromatic nitrogens is 3. The Hall–Kier alpha value is -0.470. The van der Waals surface area contributed by atoms with E-state index in [4.69, 9.17) is 0 Å². The van der Waals surface area contributed by atoms with Gasteiger partial charge in [0.2, 0.25) is 0 Å². The quantitative estimate of drug-likeness (QED) is 0.656. The topological polar surface area (TPSA) is 42.7 Å². The largest absolute Gasteiger partial charge is 0.310 e. The lowest BCUT2D eigenvalue weighted by Gasteiger charge is -2.21. The molecule has 1 aromatic carbocycles. The first-order valence-corrected chi connectivity index (χ1v) is 8.96. The maximum Gasteiger partial charge on any atom is 0.138 e. The van der Waals surface area contributed by atoms with Gasteiger partial charge in [0.05, 0.1) is 0 Å². The molecule has 1 unspecified atom stereocenters. The standard InChI is InChI=1S/C15H20BrIN4/c1-4-18-14(12-7-11(16)5-6-13(12)17)8-15-19-9-20-21(15)10(2)3/h5-7,9-10,14,18H,4,8H2,1-3H3. The van der Waals surface area contributed by atoms with Crippen molar-refractivity contribution in [2.45, 2.75) is 39.3 Å². The summed E-state index contributed by atoms with van der Waals surface area (Å²) in [5, 5.41) is 7.89. The fraction of sp³-hybridized carbons (Fsp3) is 0.467. The lowest BCUT2D eigenvalue weighted by molar-refractivity contribution is 0.468. The van der Waals surface area contributed by atoms with Crippen molar-refractivity contribution in [1.29, 1.82) is 0 Å². The molecule has 1 aromatic heterocycles. The van der Waals surface area contributed by atoms with Gasteiger partial charge in [-0.05, 0) is 66.7 Å². The van der Waals surface area contributed by atoms with Gasteiger partial charge in [0.25, 0.3) is 0 Å². The zero-order chi connectivity index (χ0) is 15.4. The van der Waals surface area contributed by atoms with Crippen LogP contribution < -0.4 is 5.32 Å². The van der Waals surface area contributed by atoms with Crippen LogP contribution in [-0.4, -0.2) is 21.3 Å². The number of halogens is 2. The van der Waals surface area contributed by atoms with Gasteiger partial charge in [0.1, 0.15) is 12.2 Å². The Morgan fingerprint density at radius 1 is 1.38 bits per heavy atom. The van der Waals surface area contributed by atoms with Crippen LogP contribution in [-0.2, 0) is 6.42 Å². The third-order valence-corrected chi connectivity index (χ3v) is 4.78. The van der Waals surface area contributed by atoms with Crippen molar-refractivity contribution in [3.8, 4) is 0 Å². The molecule has 0 aliphatic carbocycles. The highest BCUT2D eigenvalue weighted by atomic mass is 127. The fourth-order valence-corrected chi connectivity index (χ4v) is 3.44. The molecule has 1 heterocycles. The third kappa shape index (κ3) is 4.26. The Morgan fingerprint density at radius 2 is 2.14 bits per heavy atom. The Labute approximate surface area is 148 Å². The predicted molar refractivity (Wildman–Crippen MR) is 97.4 cm³/mol. The van der Waals surface area contributed by atoms with E-state index in [1.54, 1.807) is 6.33 Å². The Balaban J connectivity index is 2.31. The number of hydrogen-bond donors (Lipinski definition) is 1. The van der Waals surface area contributed by atoms with Crippen LogP contribution in [0.2, 0.25) is 0 Å². The van der Waals surface area contributed by atoms with Gasteiger partial charge in [0, 0.05) is 26.5 Å². The van der Waals surface area contributed by atoms with Crippen LogP contribution in [0.25, 0.3) is 0 Å². The van der Waals surface area contributed by atoms with Gasteiger partial charge in [-0.15, -0.1) is 0 Å². The van der Waals surface area contributed by atoms with E-state index in [1.165, 1.54) is 9.13 Å². The fourth-order valence-electron chi connectivity index (χ4n) is 2.35. The molecule has 0 radical (unpaired) electrons. The van der Waals surface area contributed by atoms with Crippen molar-refractivity contribution in [3.05, 3.63) is 44.0 Å². The zero-order valence-electron chi connectivity index (χ0n) is 12.5. The Morgan fingerprint density at radius 3 is 2.81 bits per heavy atom. The summed E-state index contributed by atoms with van der Waals surface area (Å²) in [6.45, 7) is 7.31. The summed E-state index contributed by atoms with van der Waals surface area (Å²) in [5.41, 5.74) is 1.30. The maximum atomic E-state index is 4.43. The minimum absolute atomic E-state index is 0.237. The van der Waals surface area contributed by atoms with Crippen LogP contribution in [0.15, 0.2) is 29.0 Å². The van der Waals surface area contributed by atoms with Crippen LogP contribution in [0.3, 0.4) is 0 Å². The molecule has 0 saturated carbocycles. The molecule has 0 spiro atoms. The highest BCUT2D eigenvalue weighted by Crippen LogP contribution is 2.26. The molecule has 2 aromatic rings. The molecule has 4 nitrogen and oxygen atoms in total. The average Bonchev–Trinajstić information content (AvgIpc) is 2.89. The second kappa shape index (κ2) is 7.69. The van der Waals surface area contributed by atoms with E-state index in [2.05, 4.69) is 92.9 Å². The van der Waals surface area contributed by atoms with Crippen LogP contribution in [0, 0.1) is 3.57 Å². The molecule has 0 saturated heterocycles. The summed E-state index contributed by atoms with van der Waals surface area (Å²) < 4.78 is 4.36. The normalized spacial score (nSPS) is 12.9. The first-order chi connectivity index (χ1) is 10.0. The molecular weight excluding hydrogens is 443 g/mol. The molecule has 0 aliphatic heterocycles. The number of nitrogens with zero attached hydrogens (tertiary/aromatic N) is 3. The molecule has 6 heteroatoms. The second-order valence-corrected chi connectivity index (χ2v) is 7.27. The van der Waals surface area contributed by atoms with Crippen LogP contribution in [0.5, 0.6) is 0 Å². The van der Waals surface area contributed by atoms with Crippen molar-refractivity contribution in [2.75, 3.05) is 6.54 Å². The summed E-state index contributed by atoms with van der Waals surface area (Å²) >= 11 is 5.96. The number of nitrogens with one attached hydrogen (secondary N) is 1. The van der Waals surface area contributed by atoms with Crippen molar-refractivity contribution >= 4 is 38.5 Å². The number of hydrogen-bond acceptors (Lipinski definition) is 3. The first-order valence-electron chi connectivity index (χ1n) is 7.09. The van der Waals surface area contributed by atoms with Gasteiger partial charge in [-0.2, -0.15) is 5.10 Å². The number of benzene rings is 1. The van der Waals surface area contributed by atoms with E-state index in [0.29, 0.717) is 6.04 Å². The van der Waals surface area contributed by atoms with Crippen LogP contribution in [0.4, 0.5) is 0 Å². The van der Waals surface area contributed by atoms with Gasteiger partial charge < -0.3 is 5.32 Å². The van der Waals surface area contributed by atoms with E-state index in [0.717, 1.165) is 23.3 Å². The van der Waals surface area contributed by atoms with E-state index in [-0.39, 0.29) is 6.04 Å². The lowest BCUT2D eigenvalue weighted by Crippen LogP contribution is -2.25. The predicted octanol–water partition coefficient (Wildman–Crippen LogP) is 4.12. The molecule has 1 N–H and O–H groups in total. The molecule has 0 fully saturated rings. The van der Waals surface area contributed by atoms with Crippen LogP contribution in [0.1, 0.15) is 44.2 Å². The minimum Gasteiger partial charge on any atom is -0.310 e.